The zero-order valence-corrected chi connectivity index (χ0v) is 19.6. The molecule has 7 nitrogen and oxygen atoms in total. The number of hydrogen-bond acceptors (Lipinski definition) is 4. The lowest BCUT2D eigenvalue weighted by atomic mass is 10.2. The van der Waals surface area contributed by atoms with Gasteiger partial charge in [-0.05, 0) is 37.8 Å². The van der Waals surface area contributed by atoms with Crippen LogP contribution in [0.1, 0.15) is 38.6 Å². The van der Waals surface area contributed by atoms with Crippen LogP contribution in [-0.2, 0) is 11.3 Å². The van der Waals surface area contributed by atoms with E-state index in [0.717, 1.165) is 55.9 Å². The number of ether oxygens (including phenoxy) is 1. The molecule has 0 aliphatic heterocycles. The molecule has 0 saturated heterocycles. The molecule has 0 aliphatic rings. The molecule has 2 N–H and O–H groups in total. The third-order valence-corrected chi connectivity index (χ3v) is 3.85. The standard InChI is InChI=1S/C20H32N6O.HI/c1-5-21-20(23-9-6-12-27-15-16(2)3)25-14-18-7-8-19(24-13-18)26-11-10-22-17(26)4;/h7-8,10-11,13,16H,5-6,9,12,14-15H2,1-4H3,(H2,21,23,25);1H. The first-order valence-electron chi connectivity index (χ1n) is 9.65. The molecule has 156 valence electrons. The van der Waals surface area contributed by atoms with Gasteiger partial charge in [0.05, 0.1) is 6.54 Å². The summed E-state index contributed by atoms with van der Waals surface area (Å²) in [4.78, 5) is 13.4. The van der Waals surface area contributed by atoms with Gasteiger partial charge < -0.3 is 15.4 Å². The van der Waals surface area contributed by atoms with Crippen LogP contribution in [0.5, 0.6) is 0 Å². The number of aliphatic imine (C=N–C) groups is 1. The van der Waals surface area contributed by atoms with E-state index in [-0.39, 0.29) is 24.0 Å². The Kier molecular flexibility index (Phi) is 11.7. The second-order valence-corrected chi connectivity index (χ2v) is 6.81. The monoisotopic (exact) mass is 500 g/mol. The summed E-state index contributed by atoms with van der Waals surface area (Å²) in [5, 5.41) is 6.61. The van der Waals surface area contributed by atoms with Crippen molar-refractivity contribution in [3.8, 4) is 5.82 Å². The second kappa shape index (κ2) is 13.5. The fourth-order valence-corrected chi connectivity index (χ4v) is 2.48. The lowest BCUT2D eigenvalue weighted by Crippen LogP contribution is -2.38. The maximum absolute atomic E-state index is 5.60. The van der Waals surface area contributed by atoms with E-state index in [1.807, 2.05) is 30.0 Å². The minimum absolute atomic E-state index is 0. The van der Waals surface area contributed by atoms with Crippen LogP contribution in [-0.4, -0.2) is 46.8 Å². The van der Waals surface area contributed by atoms with Crippen molar-refractivity contribution in [2.75, 3.05) is 26.3 Å². The van der Waals surface area contributed by atoms with Crippen molar-refractivity contribution in [2.24, 2.45) is 10.9 Å². The summed E-state index contributed by atoms with van der Waals surface area (Å²) in [6.45, 7) is 12.2. The normalized spacial score (nSPS) is 11.4. The van der Waals surface area contributed by atoms with Crippen molar-refractivity contribution in [1.82, 2.24) is 25.2 Å². The van der Waals surface area contributed by atoms with Crippen molar-refractivity contribution in [3.63, 3.8) is 0 Å². The number of hydrogen-bond donors (Lipinski definition) is 2. The number of halogens is 1. The van der Waals surface area contributed by atoms with Crippen LogP contribution in [0.15, 0.2) is 35.7 Å². The first-order valence-corrected chi connectivity index (χ1v) is 9.65. The van der Waals surface area contributed by atoms with Gasteiger partial charge in [-0.2, -0.15) is 0 Å². The van der Waals surface area contributed by atoms with E-state index < -0.39 is 0 Å². The predicted octanol–water partition coefficient (Wildman–Crippen LogP) is 3.31. The molecule has 0 spiro atoms. The van der Waals surface area contributed by atoms with E-state index in [2.05, 4.69) is 52.4 Å². The highest BCUT2D eigenvalue weighted by Crippen LogP contribution is 2.09. The van der Waals surface area contributed by atoms with Crippen LogP contribution in [0.25, 0.3) is 5.82 Å². The Bertz CT molecular complexity index is 699. The number of aryl methyl sites for hydroxylation is 1. The Hall–Kier alpha value is -1.68. The number of imidazole rings is 1. The van der Waals surface area contributed by atoms with Gasteiger partial charge in [-0.25, -0.2) is 15.0 Å². The molecule has 2 rings (SSSR count). The van der Waals surface area contributed by atoms with Crippen molar-refractivity contribution < 1.29 is 4.74 Å². The Balaban J connectivity index is 0.00000392. The summed E-state index contributed by atoms with van der Waals surface area (Å²) in [6, 6.07) is 4.04. The highest BCUT2D eigenvalue weighted by atomic mass is 127. The van der Waals surface area contributed by atoms with Crippen molar-refractivity contribution in [2.45, 2.75) is 40.7 Å². The van der Waals surface area contributed by atoms with Gasteiger partial charge in [-0.15, -0.1) is 24.0 Å². The van der Waals surface area contributed by atoms with E-state index in [1.54, 1.807) is 6.20 Å². The largest absolute Gasteiger partial charge is 0.381 e. The van der Waals surface area contributed by atoms with Gasteiger partial charge in [0, 0.05) is 44.9 Å². The van der Waals surface area contributed by atoms with Gasteiger partial charge in [0.1, 0.15) is 11.6 Å². The Morgan fingerprint density at radius 1 is 1.25 bits per heavy atom. The van der Waals surface area contributed by atoms with Crippen LogP contribution in [0.2, 0.25) is 0 Å². The maximum Gasteiger partial charge on any atom is 0.191 e. The fourth-order valence-electron chi connectivity index (χ4n) is 2.48. The van der Waals surface area contributed by atoms with E-state index in [0.29, 0.717) is 12.5 Å². The van der Waals surface area contributed by atoms with Crippen LogP contribution in [0.4, 0.5) is 0 Å². The zero-order chi connectivity index (χ0) is 19.5. The van der Waals surface area contributed by atoms with Gasteiger partial charge in [-0.1, -0.05) is 19.9 Å². The predicted molar refractivity (Wildman–Crippen MR) is 125 cm³/mol. The topological polar surface area (TPSA) is 76.4 Å². The third kappa shape index (κ3) is 8.55. The van der Waals surface area contributed by atoms with Crippen molar-refractivity contribution in [1.29, 1.82) is 0 Å². The third-order valence-electron chi connectivity index (χ3n) is 3.85. The molecule has 2 aromatic rings. The molecule has 0 amide bonds. The molecule has 2 aromatic heterocycles. The first kappa shape index (κ1) is 24.4. The van der Waals surface area contributed by atoms with Crippen LogP contribution in [0, 0.1) is 12.8 Å². The van der Waals surface area contributed by atoms with Gasteiger partial charge in [-0.3, -0.25) is 4.57 Å². The molecule has 2 heterocycles. The average Bonchev–Trinajstić information content (AvgIpc) is 3.08. The highest BCUT2D eigenvalue weighted by molar-refractivity contribution is 14.0. The lowest BCUT2D eigenvalue weighted by Gasteiger charge is -2.12. The van der Waals surface area contributed by atoms with Gasteiger partial charge >= 0.3 is 0 Å². The van der Waals surface area contributed by atoms with Crippen molar-refractivity contribution in [3.05, 3.63) is 42.1 Å². The van der Waals surface area contributed by atoms with E-state index in [4.69, 9.17) is 4.74 Å². The number of aromatic nitrogens is 3. The molecule has 8 heteroatoms. The Labute approximate surface area is 185 Å². The summed E-state index contributed by atoms with van der Waals surface area (Å²) in [6.07, 6.45) is 6.50. The molecule has 0 fully saturated rings. The Morgan fingerprint density at radius 3 is 2.68 bits per heavy atom. The fraction of sp³-hybridized carbons (Fsp3) is 0.550. The number of nitrogens with one attached hydrogen (secondary N) is 2. The van der Waals surface area contributed by atoms with Gasteiger partial charge in [0.2, 0.25) is 0 Å². The maximum atomic E-state index is 5.60. The number of nitrogens with zero attached hydrogens (tertiary/aromatic N) is 4. The smallest absolute Gasteiger partial charge is 0.191 e. The van der Waals surface area contributed by atoms with Gasteiger partial charge in [0.15, 0.2) is 5.96 Å². The molecule has 0 unspecified atom stereocenters. The minimum Gasteiger partial charge on any atom is -0.381 e. The quantitative estimate of drug-likeness (QED) is 0.227. The molecule has 0 aromatic carbocycles. The van der Waals surface area contributed by atoms with Crippen molar-refractivity contribution >= 4 is 29.9 Å². The van der Waals surface area contributed by atoms with Crippen LogP contribution in [0.3, 0.4) is 0 Å². The summed E-state index contributed by atoms with van der Waals surface area (Å²) in [5.74, 6) is 3.18. The molecule has 0 aliphatic carbocycles. The highest BCUT2D eigenvalue weighted by Gasteiger charge is 2.02. The average molecular weight is 500 g/mol. The minimum atomic E-state index is 0. The molecule has 0 saturated carbocycles. The molecule has 0 radical (unpaired) electrons. The lowest BCUT2D eigenvalue weighted by molar-refractivity contribution is 0.108. The van der Waals surface area contributed by atoms with E-state index in [9.17, 15) is 0 Å². The summed E-state index contributed by atoms with van der Waals surface area (Å²) in [5.41, 5.74) is 1.06. The van der Waals surface area contributed by atoms with Crippen LogP contribution >= 0.6 is 24.0 Å². The summed E-state index contributed by atoms with van der Waals surface area (Å²) >= 11 is 0. The first-order chi connectivity index (χ1) is 13.1. The Morgan fingerprint density at radius 2 is 2.07 bits per heavy atom. The summed E-state index contributed by atoms with van der Waals surface area (Å²) in [7, 11) is 0. The van der Waals surface area contributed by atoms with E-state index >= 15 is 0 Å². The van der Waals surface area contributed by atoms with Crippen LogP contribution < -0.4 is 10.6 Å². The second-order valence-electron chi connectivity index (χ2n) is 6.81. The number of guanidine groups is 1. The number of rotatable bonds is 10. The number of pyridine rings is 1. The van der Waals surface area contributed by atoms with E-state index in [1.165, 1.54) is 0 Å². The zero-order valence-electron chi connectivity index (χ0n) is 17.3. The molecule has 0 atom stereocenters. The summed E-state index contributed by atoms with van der Waals surface area (Å²) < 4.78 is 7.56. The SMILES string of the molecule is CCNC(=NCc1ccc(-n2ccnc2C)nc1)NCCCOCC(C)C.I. The molecule has 28 heavy (non-hydrogen) atoms. The van der Waals surface area contributed by atoms with Gasteiger partial charge in [0.25, 0.3) is 0 Å². The molecular weight excluding hydrogens is 467 g/mol. The molecule has 0 bridgehead atoms. The molecular formula is C20H33IN6O.